The van der Waals surface area contributed by atoms with Crippen molar-refractivity contribution in [3.8, 4) is 0 Å². The summed E-state index contributed by atoms with van der Waals surface area (Å²) in [5, 5.41) is 3.33. The molecule has 5 nitrogen and oxygen atoms in total. The number of rotatable bonds is 10. The second-order valence-corrected chi connectivity index (χ2v) is 6.24. The van der Waals surface area contributed by atoms with Gasteiger partial charge in [-0.1, -0.05) is 13.8 Å². The first-order valence-electron chi connectivity index (χ1n) is 7.32. The summed E-state index contributed by atoms with van der Waals surface area (Å²) in [6.45, 7) is 13.3. The fraction of sp³-hybridized carbons (Fsp3) is 0.933. The molecule has 0 radical (unpaired) electrons. The molecule has 0 rings (SSSR count). The zero-order chi connectivity index (χ0) is 15.8. The van der Waals surface area contributed by atoms with Crippen LogP contribution in [0.1, 0.15) is 34.6 Å². The van der Waals surface area contributed by atoms with E-state index >= 15 is 0 Å². The lowest BCUT2D eigenvalue weighted by Crippen LogP contribution is -2.60. The van der Waals surface area contributed by atoms with Crippen molar-refractivity contribution in [2.45, 2.75) is 46.2 Å². The van der Waals surface area contributed by atoms with Gasteiger partial charge in [-0.25, -0.2) is 0 Å². The molecule has 120 valence electrons. The van der Waals surface area contributed by atoms with Crippen LogP contribution in [-0.4, -0.2) is 62.9 Å². The van der Waals surface area contributed by atoms with E-state index in [4.69, 9.17) is 9.47 Å². The van der Waals surface area contributed by atoms with Crippen LogP contribution in [0.4, 0.5) is 0 Å². The average molecular weight is 288 g/mol. The maximum atomic E-state index is 12.1. The fourth-order valence-corrected chi connectivity index (χ4v) is 2.45. The van der Waals surface area contributed by atoms with Gasteiger partial charge in [-0.3, -0.25) is 15.0 Å². The van der Waals surface area contributed by atoms with E-state index in [1.165, 1.54) is 7.11 Å². The summed E-state index contributed by atoms with van der Waals surface area (Å²) in [6, 6.07) is 0.211. The standard InChI is InChI=1S/C15H32N2O3/c1-12(2)10-17(8-9-19-6)11-15(5,14(18)20-7)16-13(3)4/h12-13,16H,8-11H2,1-7H3. The van der Waals surface area contributed by atoms with Crippen molar-refractivity contribution in [2.75, 3.05) is 40.5 Å². The molecular formula is C15H32N2O3. The highest BCUT2D eigenvalue weighted by Gasteiger charge is 2.36. The summed E-state index contributed by atoms with van der Waals surface area (Å²) in [6.07, 6.45) is 0. The first-order chi connectivity index (χ1) is 9.25. The highest BCUT2D eigenvalue weighted by atomic mass is 16.5. The average Bonchev–Trinajstić information content (AvgIpc) is 2.33. The van der Waals surface area contributed by atoms with Crippen molar-refractivity contribution < 1.29 is 14.3 Å². The molecule has 0 amide bonds. The zero-order valence-electron chi connectivity index (χ0n) is 14.2. The Morgan fingerprint density at radius 1 is 1.25 bits per heavy atom. The van der Waals surface area contributed by atoms with Gasteiger partial charge in [0.05, 0.1) is 13.7 Å². The maximum Gasteiger partial charge on any atom is 0.327 e. The first-order valence-corrected chi connectivity index (χ1v) is 7.32. The lowest BCUT2D eigenvalue weighted by Gasteiger charge is -2.36. The fourth-order valence-electron chi connectivity index (χ4n) is 2.45. The van der Waals surface area contributed by atoms with Crippen LogP contribution in [0.5, 0.6) is 0 Å². The van der Waals surface area contributed by atoms with Crippen LogP contribution in [0, 0.1) is 5.92 Å². The van der Waals surface area contributed by atoms with Gasteiger partial charge in [0.2, 0.25) is 0 Å². The number of ether oxygens (including phenoxy) is 2. The van der Waals surface area contributed by atoms with Crippen LogP contribution in [0.15, 0.2) is 0 Å². The number of nitrogens with one attached hydrogen (secondary N) is 1. The molecule has 0 aromatic rings. The minimum atomic E-state index is -0.703. The normalized spacial score (nSPS) is 14.9. The van der Waals surface area contributed by atoms with E-state index in [-0.39, 0.29) is 12.0 Å². The number of nitrogens with zero attached hydrogens (tertiary/aromatic N) is 1. The molecule has 0 saturated carbocycles. The van der Waals surface area contributed by atoms with Gasteiger partial charge in [-0.2, -0.15) is 0 Å². The molecule has 0 heterocycles. The molecular weight excluding hydrogens is 256 g/mol. The van der Waals surface area contributed by atoms with Crippen molar-refractivity contribution in [1.29, 1.82) is 0 Å². The third kappa shape index (κ3) is 7.22. The summed E-state index contributed by atoms with van der Waals surface area (Å²) in [5.41, 5.74) is -0.703. The molecule has 0 aliphatic carbocycles. The summed E-state index contributed by atoms with van der Waals surface area (Å²) >= 11 is 0. The lowest BCUT2D eigenvalue weighted by molar-refractivity contribution is -0.149. The Morgan fingerprint density at radius 2 is 1.85 bits per heavy atom. The maximum absolute atomic E-state index is 12.1. The van der Waals surface area contributed by atoms with Crippen molar-refractivity contribution in [1.82, 2.24) is 10.2 Å². The van der Waals surface area contributed by atoms with Gasteiger partial charge < -0.3 is 9.47 Å². The molecule has 5 heteroatoms. The van der Waals surface area contributed by atoms with Crippen LogP contribution in [0.25, 0.3) is 0 Å². The molecule has 0 fully saturated rings. The summed E-state index contributed by atoms with van der Waals surface area (Å²) < 4.78 is 10.1. The van der Waals surface area contributed by atoms with Crippen molar-refractivity contribution in [3.63, 3.8) is 0 Å². The molecule has 20 heavy (non-hydrogen) atoms. The Bertz CT molecular complexity index is 282. The smallest absolute Gasteiger partial charge is 0.327 e. The van der Waals surface area contributed by atoms with Crippen molar-refractivity contribution in [3.05, 3.63) is 0 Å². The van der Waals surface area contributed by atoms with E-state index in [9.17, 15) is 4.79 Å². The minimum Gasteiger partial charge on any atom is -0.468 e. The molecule has 1 atom stereocenters. The molecule has 0 aromatic carbocycles. The Hall–Kier alpha value is -0.650. The number of esters is 1. The van der Waals surface area contributed by atoms with Gasteiger partial charge in [0.1, 0.15) is 5.54 Å². The van der Waals surface area contributed by atoms with Gasteiger partial charge in [0.25, 0.3) is 0 Å². The Morgan fingerprint density at radius 3 is 2.25 bits per heavy atom. The number of carbonyl (C=O) groups excluding carboxylic acids is 1. The summed E-state index contributed by atoms with van der Waals surface area (Å²) in [4.78, 5) is 14.4. The van der Waals surface area contributed by atoms with E-state index in [2.05, 4.69) is 24.1 Å². The number of hydrogen-bond acceptors (Lipinski definition) is 5. The Balaban J connectivity index is 4.90. The van der Waals surface area contributed by atoms with Gasteiger partial charge in [0.15, 0.2) is 0 Å². The van der Waals surface area contributed by atoms with Crippen LogP contribution in [0.3, 0.4) is 0 Å². The lowest BCUT2D eigenvalue weighted by atomic mass is 9.99. The third-order valence-corrected chi connectivity index (χ3v) is 3.02. The van der Waals surface area contributed by atoms with Crippen LogP contribution >= 0.6 is 0 Å². The van der Waals surface area contributed by atoms with E-state index < -0.39 is 5.54 Å². The van der Waals surface area contributed by atoms with Crippen molar-refractivity contribution in [2.24, 2.45) is 5.92 Å². The number of methoxy groups -OCH3 is 2. The molecule has 1 N–H and O–H groups in total. The summed E-state index contributed by atoms with van der Waals surface area (Å²) in [5.74, 6) is 0.310. The highest BCUT2D eigenvalue weighted by Crippen LogP contribution is 2.12. The van der Waals surface area contributed by atoms with Crippen LogP contribution < -0.4 is 5.32 Å². The van der Waals surface area contributed by atoms with E-state index in [1.807, 2.05) is 20.8 Å². The van der Waals surface area contributed by atoms with Crippen LogP contribution in [-0.2, 0) is 14.3 Å². The van der Waals surface area contributed by atoms with E-state index in [0.717, 1.165) is 13.1 Å². The van der Waals surface area contributed by atoms with Crippen LogP contribution in [0.2, 0.25) is 0 Å². The second-order valence-electron chi connectivity index (χ2n) is 6.24. The minimum absolute atomic E-state index is 0.211. The van der Waals surface area contributed by atoms with Gasteiger partial charge in [-0.15, -0.1) is 0 Å². The quantitative estimate of drug-likeness (QED) is 0.618. The van der Waals surface area contributed by atoms with Gasteiger partial charge in [0, 0.05) is 32.8 Å². The van der Waals surface area contributed by atoms with Gasteiger partial charge >= 0.3 is 5.97 Å². The molecule has 0 spiro atoms. The Kier molecular flexibility index (Phi) is 9.01. The first kappa shape index (κ1) is 19.4. The third-order valence-electron chi connectivity index (χ3n) is 3.02. The largest absolute Gasteiger partial charge is 0.468 e. The summed E-state index contributed by atoms with van der Waals surface area (Å²) in [7, 11) is 3.13. The second kappa shape index (κ2) is 9.32. The number of hydrogen-bond donors (Lipinski definition) is 1. The molecule has 0 aliphatic rings. The van der Waals surface area contributed by atoms with E-state index in [0.29, 0.717) is 19.1 Å². The highest BCUT2D eigenvalue weighted by molar-refractivity contribution is 5.80. The zero-order valence-corrected chi connectivity index (χ0v) is 14.2. The molecule has 1 unspecified atom stereocenters. The molecule has 0 aromatic heterocycles. The SMILES string of the molecule is COCCN(CC(C)C)CC(C)(NC(C)C)C(=O)OC. The van der Waals surface area contributed by atoms with Gasteiger partial charge in [-0.05, 0) is 26.7 Å². The topological polar surface area (TPSA) is 50.8 Å². The monoisotopic (exact) mass is 288 g/mol. The predicted octanol–water partition coefficient (Wildman–Crippen LogP) is 1.52. The number of carbonyl (C=O) groups is 1. The van der Waals surface area contributed by atoms with Crippen molar-refractivity contribution >= 4 is 5.97 Å². The molecule has 0 bridgehead atoms. The molecule has 0 aliphatic heterocycles. The van der Waals surface area contributed by atoms with E-state index in [1.54, 1.807) is 7.11 Å². The molecule has 0 saturated heterocycles. The predicted molar refractivity (Wildman–Crippen MR) is 81.8 cm³/mol. The Labute approximate surface area is 124 Å².